The first kappa shape index (κ1) is 16.5. The fourth-order valence-corrected chi connectivity index (χ4v) is 3.55. The second kappa shape index (κ2) is 7.11. The Hall–Kier alpha value is -2.96. The van der Waals surface area contributed by atoms with Gasteiger partial charge in [-0.15, -0.1) is 0 Å². The summed E-state index contributed by atoms with van der Waals surface area (Å²) in [7, 11) is 0. The van der Waals surface area contributed by atoms with Crippen LogP contribution in [0.15, 0.2) is 41.5 Å². The number of nitrogens with zero attached hydrogens (tertiary/aromatic N) is 3. The number of carbonyl (C=O) groups is 1. The van der Waals surface area contributed by atoms with Gasteiger partial charge in [0.15, 0.2) is 0 Å². The molecule has 2 N–H and O–H groups in total. The summed E-state index contributed by atoms with van der Waals surface area (Å²) in [5, 5.41) is 0. The van der Waals surface area contributed by atoms with Gasteiger partial charge in [0.05, 0.1) is 11.0 Å². The molecular weight excluding hydrogens is 330 g/mol. The SMILES string of the molecule is O=C(CCc1nc2ccccc2[nH]c1=O)N1CCC[C@@H](c2ncc[nH]2)C1. The van der Waals surface area contributed by atoms with Crippen molar-refractivity contribution < 1.29 is 4.79 Å². The molecule has 0 aliphatic carbocycles. The maximum atomic E-state index is 12.6. The van der Waals surface area contributed by atoms with Gasteiger partial charge in [0.25, 0.3) is 5.56 Å². The molecule has 134 valence electrons. The van der Waals surface area contributed by atoms with Crippen LogP contribution >= 0.6 is 0 Å². The quantitative estimate of drug-likeness (QED) is 0.751. The van der Waals surface area contributed by atoms with E-state index in [9.17, 15) is 9.59 Å². The minimum absolute atomic E-state index is 0.0654. The van der Waals surface area contributed by atoms with Gasteiger partial charge in [0.1, 0.15) is 11.5 Å². The number of benzene rings is 1. The van der Waals surface area contributed by atoms with Gasteiger partial charge in [0, 0.05) is 44.2 Å². The summed E-state index contributed by atoms with van der Waals surface area (Å²) >= 11 is 0. The first-order valence-electron chi connectivity index (χ1n) is 8.95. The largest absolute Gasteiger partial charge is 0.348 e. The van der Waals surface area contributed by atoms with Gasteiger partial charge in [-0.25, -0.2) is 9.97 Å². The number of rotatable bonds is 4. The Morgan fingerprint density at radius 1 is 1.31 bits per heavy atom. The van der Waals surface area contributed by atoms with Gasteiger partial charge in [-0.3, -0.25) is 9.59 Å². The van der Waals surface area contributed by atoms with Gasteiger partial charge >= 0.3 is 0 Å². The van der Waals surface area contributed by atoms with E-state index in [1.165, 1.54) is 0 Å². The monoisotopic (exact) mass is 351 g/mol. The van der Waals surface area contributed by atoms with Crippen LogP contribution in [-0.2, 0) is 11.2 Å². The summed E-state index contributed by atoms with van der Waals surface area (Å²) < 4.78 is 0. The molecule has 0 spiro atoms. The van der Waals surface area contributed by atoms with E-state index >= 15 is 0 Å². The molecule has 1 saturated heterocycles. The number of H-pyrrole nitrogens is 2. The van der Waals surface area contributed by atoms with Crippen LogP contribution in [0.3, 0.4) is 0 Å². The van der Waals surface area contributed by atoms with Crippen LogP contribution in [0.1, 0.15) is 36.7 Å². The maximum absolute atomic E-state index is 12.6. The average molecular weight is 351 g/mol. The number of nitrogens with one attached hydrogen (secondary N) is 2. The first-order chi connectivity index (χ1) is 12.7. The fraction of sp³-hybridized carbons (Fsp3) is 0.368. The molecule has 2 aromatic heterocycles. The number of amides is 1. The topological polar surface area (TPSA) is 94.7 Å². The Labute approximate surface area is 150 Å². The third kappa shape index (κ3) is 3.37. The lowest BCUT2D eigenvalue weighted by Gasteiger charge is -2.32. The average Bonchev–Trinajstić information content (AvgIpc) is 3.21. The van der Waals surface area contributed by atoms with Crippen molar-refractivity contribution in [2.75, 3.05) is 13.1 Å². The van der Waals surface area contributed by atoms with Crippen molar-refractivity contribution in [3.63, 3.8) is 0 Å². The smallest absolute Gasteiger partial charge is 0.270 e. The van der Waals surface area contributed by atoms with Gasteiger partial charge in [-0.2, -0.15) is 0 Å². The molecule has 0 radical (unpaired) electrons. The lowest BCUT2D eigenvalue weighted by atomic mass is 9.97. The van der Waals surface area contributed by atoms with Crippen LogP contribution < -0.4 is 5.56 Å². The van der Waals surface area contributed by atoms with Crippen LogP contribution in [0.4, 0.5) is 0 Å². The molecule has 1 fully saturated rings. The molecule has 3 aromatic rings. The standard InChI is InChI=1S/C19H21N5O2/c25-17(24-11-3-4-13(12-24)18-20-9-10-21-18)8-7-16-19(26)23-15-6-2-1-5-14(15)22-16/h1-2,5-6,9-10,13H,3-4,7-8,11-12H2,(H,20,21)(H,23,26)/t13-/m1/s1. The number of hydrogen-bond donors (Lipinski definition) is 2. The van der Waals surface area contributed by atoms with E-state index in [1.54, 1.807) is 6.20 Å². The maximum Gasteiger partial charge on any atom is 0.270 e. The molecule has 0 unspecified atom stereocenters. The normalized spacial score (nSPS) is 17.5. The fourth-order valence-electron chi connectivity index (χ4n) is 3.55. The molecule has 7 heteroatoms. The number of aromatic nitrogens is 4. The lowest BCUT2D eigenvalue weighted by molar-refractivity contribution is -0.132. The molecule has 7 nitrogen and oxygen atoms in total. The Bertz CT molecular complexity index is 963. The highest BCUT2D eigenvalue weighted by Gasteiger charge is 2.26. The molecule has 1 aliphatic rings. The third-order valence-electron chi connectivity index (χ3n) is 4.93. The minimum atomic E-state index is -0.219. The van der Waals surface area contributed by atoms with E-state index in [0.29, 0.717) is 30.6 Å². The van der Waals surface area contributed by atoms with Crippen molar-refractivity contribution >= 4 is 16.9 Å². The summed E-state index contributed by atoms with van der Waals surface area (Å²) in [6, 6.07) is 7.41. The van der Waals surface area contributed by atoms with Crippen LogP contribution in [-0.4, -0.2) is 43.8 Å². The van der Waals surface area contributed by atoms with Crippen molar-refractivity contribution in [3.8, 4) is 0 Å². The Morgan fingerprint density at radius 3 is 3.04 bits per heavy atom. The zero-order chi connectivity index (χ0) is 17.9. The second-order valence-corrected chi connectivity index (χ2v) is 6.68. The predicted molar refractivity (Wildman–Crippen MR) is 97.8 cm³/mol. The van der Waals surface area contributed by atoms with E-state index in [4.69, 9.17) is 0 Å². The molecule has 1 aromatic carbocycles. The van der Waals surface area contributed by atoms with Crippen LogP contribution in [0.2, 0.25) is 0 Å². The summed E-state index contributed by atoms with van der Waals surface area (Å²) in [6.07, 6.45) is 6.19. The molecule has 1 aliphatic heterocycles. The number of piperidine rings is 1. The predicted octanol–water partition coefficient (Wildman–Crippen LogP) is 1.98. The highest BCUT2D eigenvalue weighted by atomic mass is 16.2. The molecule has 1 atom stereocenters. The number of likely N-dealkylation sites (tertiary alicyclic amines) is 1. The summed E-state index contributed by atoms with van der Waals surface area (Å²) in [4.78, 5) is 41.4. The van der Waals surface area contributed by atoms with E-state index < -0.39 is 0 Å². The van der Waals surface area contributed by atoms with E-state index in [2.05, 4.69) is 19.9 Å². The second-order valence-electron chi connectivity index (χ2n) is 6.68. The molecule has 1 amide bonds. The molecule has 26 heavy (non-hydrogen) atoms. The highest BCUT2D eigenvalue weighted by molar-refractivity contribution is 5.77. The number of fused-ring (bicyclic) bond motifs is 1. The van der Waals surface area contributed by atoms with Crippen molar-refractivity contribution in [2.24, 2.45) is 0 Å². The van der Waals surface area contributed by atoms with E-state index in [1.807, 2.05) is 35.4 Å². The zero-order valence-electron chi connectivity index (χ0n) is 14.4. The summed E-state index contributed by atoms with van der Waals surface area (Å²) in [6.45, 7) is 1.44. The van der Waals surface area contributed by atoms with E-state index in [0.717, 1.165) is 30.7 Å². The molecule has 0 saturated carbocycles. The number of aryl methyl sites for hydroxylation is 1. The van der Waals surface area contributed by atoms with E-state index in [-0.39, 0.29) is 17.4 Å². The van der Waals surface area contributed by atoms with Gasteiger partial charge in [-0.05, 0) is 25.0 Å². The Balaban J connectivity index is 1.42. The van der Waals surface area contributed by atoms with Crippen molar-refractivity contribution in [2.45, 2.75) is 31.6 Å². The Kier molecular flexibility index (Phi) is 4.51. The first-order valence-corrected chi connectivity index (χ1v) is 8.95. The molecule has 0 bridgehead atoms. The van der Waals surface area contributed by atoms with Gasteiger partial charge in [0.2, 0.25) is 5.91 Å². The molecule has 4 rings (SSSR count). The summed E-state index contributed by atoms with van der Waals surface area (Å²) in [5.74, 6) is 1.26. The number of carbonyl (C=O) groups excluding carboxylic acids is 1. The number of imidazole rings is 1. The van der Waals surface area contributed by atoms with Crippen molar-refractivity contribution in [1.29, 1.82) is 0 Å². The molecular formula is C19H21N5O2. The van der Waals surface area contributed by atoms with Gasteiger partial charge < -0.3 is 14.9 Å². The zero-order valence-corrected chi connectivity index (χ0v) is 14.4. The molecule has 3 heterocycles. The van der Waals surface area contributed by atoms with Crippen molar-refractivity contribution in [3.05, 3.63) is 58.5 Å². The number of para-hydroxylation sites is 2. The van der Waals surface area contributed by atoms with Crippen LogP contribution in [0.5, 0.6) is 0 Å². The van der Waals surface area contributed by atoms with Crippen LogP contribution in [0, 0.1) is 0 Å². The Morgan fingerprint density at radius 2 is 2.19 bits per heavy atom. The van der Waals surface area contributed by atoms with Crippen LogP contribution in [0.25, 0.3) is 11.0 Å². The number of hydrogen-bond acceptors (Lipinski definition) is 4. The van der Waals surface area contributed by atoms with Crippen molar-refractivity contribution in [1.82, 2.24) is 24.8 Å². The third-order valence-corrected chi connectivity index (χ3v) is 4.93. The summed E-state index contributed by atoms with van der Waals surface area (Å²) in [5.41, 5.74) is 1.65. The minimum Gasteiger partial charge on any atom is -0.348 e. The number of aromatic amines is 2. The van der Waals surface area contributed by atoms with Gasteiger partial charge in [-0.1, -0.05) is 12.1 Å². The lowest BCUT2D eigenvalue weighted by Crippen LogP contribution is -2.39. The highest BCUT2D eigenvalue weighted by Crippen LogP contribution is 2.24.